The predicted octanol–water partition coefficient (Wildman–Crippen LogP) is 2.56. The lowest BCUT2D eigenvalue weighted by atomic mass is 10.00. The van der Waals surface area contributed by atoms with Crippen molar-refractivity contribution in [3.8, 4) is 11.3 Å². The number of allylic oxidation sites excluding steroid dienone is 3. The fourth-order valence-corrected chi connectivity index (χ4v) is 4.30. The first kappa shape index (κ1) is 20.4. The van der Waals surface area contributed by atoms with Crippen LogP contribution in [0.3, 0.4) is 0 Å². The first-order valence-corrected chi connectivity index (χ1v) is 11.0. The summed E-state index contributed by atoms with van der Waals surface area (Å²) in [7, 11) is 2.11. The Morgan fingerprint density at radius 1 is 1.16 bits per heavy atom. The molecule has 8 heteroatoms. The molecule has 164 valence electrons. The van der Waals surface area contributed by atoms with E-state index in [0.717, 1.165) is 48.1 Å². The largest absolute Gasteiger partial charge is 0.349 e. The van der Waals surface area contributed by atoms with Gasteiger partial charge in [-0.3, -0.25) is 9.59 Å². The summed E-state index contributed by atoms with van der Waals surface area (Å²) in [4.78, 5) is 30.3. The molecule has 32 heavy (non-hydrogen) atoms. The van der Waals surface area contributed by atoms with Crippen LogP contribution >= 0.6 is 0 Å². The third-order valence-electron chi connectivity index (χ3n) is 6.29. The Morgan fingerprint density at radius 3 is 2.75 bits per heavy atom. The van der Waals surface area contributed by atoms with Crippen molar-refractivity contribution >= 4 is 22.5 Å². The van der Waals surface area contributed by atoms with Crippen molar-refractivity contribution in [1.82, 2.24) is 30.2 Å². The lowest BCUT2D eigenvalue weighted by Crippen LogP contribution is -2.43. The Labute approximate surface area is 185 Å². The molecule has 0 atom stereocenters. The van der Waals surface area contributed by atoms with Crippen molar-refractivity contribution in [3.05, 3.63) is 64.6 Å². The Bertz CT molecular complexity index is 1280. The highest BCUT2D eigenvalue weighted by Gasteiger charge is 2.21. The predicted molar refractivity (Wildman–Crippen MR) is 124 cm³/mol. The Kier molecular flexibility index (Phi) is 5.45. The molecule has 0 radical (unpaired) electrons. The summed E-state index contributed by atoms with van der Waals surface area (Å²) in [6.45, 7) is 2.03. The number of para-hydroxylation sites is 1. The third-order valence-corrected chi connectivity index (χ3v) is 6.29. The number of rotatable bonds is 4. The molecule has 5 rings (SSSR count). The normalized spacial score (nSPS) is 17.8. The second-order valence-corrected chi connectivity index (χ2v) is 8.55. The van der Waals surface area contributed by atoms with Crippen LogP contribution in [-0.4, -0.2) is 57.0 Å². The van der Waals surface area contributed by atoms with Gasteiger partial charge in [-0.25, -0.2) is 4.68 Å². The van der Waals surface area contributed by atoms with Crippen LogP contribution in [0.4, 0.5) is 0 Å². The quantitative estimate of drug-likeness (QED) is 0.663. The molecule has 1 aliphatic carbocycles. The van der Waals surface area contributed by atoms with Crippen LogP contribution in [-0.2, 0) is 4.79 Å². The maximum absolute atomic E-state index is 12.6. The highest BCUT2D eigenvalue weighted by Crippen LogP contribution is 2.24. The SMILES string of the molecule is CN1CCC(NC(=O)C2=CC=C(n3cc(-c4cc5ccccc5[nH]c4=O)nn3)CC2)CC1. The van der Waals surface area contributed by atoms with Crippen LogP contribution in [0, 0.1) is 0 Å². The molecule has 1 aromatic carbocycles. The molecule has 2 aliphatic rings. The number of hydrogen-bond acceptors (Lipinski definition) is 5. The summed E-state index contributed by atoms with van der Waals surface area (Å²) in [6, 6.07) is 9.73. The van der Waals surface area contributed by atoms with Crippen molar-refractivity contribution < 1.29 is 4.79 Å². The van der Waals surface area contributed by atoms with Gasteiger partial charge in [-0.1, -0.05) is 29.5 Å². The van der Waals surface area contributed by atoms with Gasteiger partial charge in [0.15, 0.2) is 0 Å². The summed E-state index contributed by atoms with van der Waals surface area (Å²) in [5.41, 5.74) is 3.34. The van der Waals surface area contributed by atoms with Crippen LogP contribution < -0.4 is 10.9 Å². The van der Waals surface area contributed by atoms with Crippen LogP contribution in [0.1, 0.15) is 25.7 Å². The number of fused-ring (bicyclic) bond motifs is 1. The van der Waals surface area contributed by atoms with Crippen molar-refractivity contribution in [2.24, 2.45) is 0 Å². The van der Waals surface area contributed by atoms with E-state index >= 15 is 0 Å². The monoisotopic (exact) mass is 430 g/mol. The number of aromatic nitrogens is 4. The van der Waals surface area contributed by atoms with E-state index in [1.807, 2.05) is 42.5 Å². The molecule has 1 saturated heterocycles. The van der Waals surface area contributed by atoms with Crippen molar-refractivity contribution in [3.63, 3.8) is 0 Å². The second kappa shape index (κ2) is 8.55. The van der Waals surface area contributed by atoms with Crippen molar-refractivity contribution in [1.29, 1.82) is 0 Å². The van der Waals surface area contributed by atoms with Crippen LogP contribution in [0.5, 0.6) is 0 Å². The van der Waals surface area contributed by atoms with Gasteiger partial charge in [-0.2, -0.15) is 0 Å². The van der Waals surface area contributed by atoms with Crippen molar-refractivity contribution in [2.45, 2.75) is 31.7 Å². The molecule has 2 N–H and O–H groups in total. The number of likely N-dealkylation sites (tertiary alicyclic amines) is 1. The maximum atomic E-state index is 12.6. The molecule has 1 amide bonds. The topological polar surface area (TPSA) is 95.9 Å². The van der Waals surface area contributed by atoms with Crippen LogP contribution in [0.15, 0.2) is 59.0 Å². The molecule has 1 fully saturated rings. The van der Waals surface area contributed by atoms with E-state index in [1.165, 1.54) is 0 Å². The number of hydrogen-bond donors (Lipinski definition) is 2. The second-order valence-electron chi connectivity index (χ2n) is 8.55. The first-order chi connectivity index (χ1) is 15.6. The lowest BCUT2D eigenvalue weighted by molar-refractivity contribution is -0.118. The number of carbonyl (C=O) groups is 1. The smallest absolute Gasteiger partial charge is 0.258 e. The number of H-pyrrole nitrogens is 1. The number of benzene rings is 1. The molecule has 0 saturated carbocycles. The van der Waals surface area contributed by atoms with E-state index in [-0.39, 0.29) is 17.5 Å². The van der Waals surface area contributed by atoms with Crippen molar-refractivity contribution in [2.75, 3.05) is 20.1 Å². The van der Waals surface area contributed by atoms with Gasteiger partial charge in [0.2, 0.25) is 5.91 Å². The summed E-state index contributed by atoms with van der Waals surface area (Å²) in [6.07, 6.45) is 8.87. The molecule has 0 unspecified atom stereocenters. The zero-order valence-electron chi connectivity index (χ0n) is 18.0. The van der Waals surface area contributed by atoms with Gasteiger partial charge < -0.3 is 15.2 Å². The van der Waals surface area contributed by atoms with Gasteiger partial charge in [0.05, 0.1) is 11.8 Å². The van der Waals surface area contributed by atoms with E-state index < -0.39 is 0 Å². The van der Waals surface area contributed by atoms with Gasteiger partial charge in [0.1, 0.15) is 5.69 Å². The van der Waals surface area contributed by atoms with Gasteiger partial charge in [0.25, 0.3) is 5.56 Å². The lowest BCUT2D eigenvalue weighted by Gasteiger charge is -2.29. The minimum absolute atomic E-state index is 0.0248. The minimum Gasteiger partial charge on any atom is -0.349 e. The number of piperidine rings is 1. The number of carbonyl (C=O) groups excluding carboxylic acids is 1. The molecule has 1 aliphatic heterocycles. The highest BCUT2D eigenvalue weighted by molar-refractivity contribution is 5.94. The highest BCUT2D eigenvalue weighted by atomic mass is 16.1. The maximum Gasteiger partial charge on any atom is 0.258 e. The van der Waals surface area contributed by atoms with Gasteiger partial charge >= 0.3 is 0 Å². The van der Waals surface area contributed by atoms with E-state index in [1.54, 1.807) is 10.9 Å². The first-order valence-electron chi connectivity index (χ1n) is 11.0. The summed E-state index contributed by atoms with van der Waals surface area (Å²) < 4.78 is 1.69. The van der Waals surface area contributed by atoms with E-state index in [4.69, 9.17) is 0 Å². The summed E-state index contributed by atoms with van der Waals surface area (Å²) in [5.74, 6) is 0.0248. The molecule has 0 bridgehead atoms. The van der Waals surface area contributed by atoms with Crippen LogP contribution in [0.25, 0.3) is 27.9 Å². The summed E-state index contributed by atoms with van der Waals surface area (Å²) >= 11 is 0. The zero-order chi connectivity index (χ0) is 22.1. The van der Waals surface area contributed by atoms with Crippen LogP contribution in [0.2, 0.25) is 0 Å². The number of nitrogens with one attached hydrogen (secondary N) is 2. The fourth-order valence-electron chi connectivity index (χ4n) is 4.30. The van der Waals surface area contributed by atoms with E-state index in [2.05, 4.69) is 32.6 Å². The third kappa shape index (κ3) is 4.13. The summed E-state index contributed by atoms with van der Waals surface area (Å²) in [5, 5.41) is 12.5. The van der Waals surface area contributed by atoms with E-state index in [9.17, 15) is 9.59 Å². The van der Waals surface area contributed by atoms with E-state index in [0.29, 0.717) is 24.1 Å². The average molecular weight is 431 g/mol. The molecular weight excluding hydrogens is 404 g/mol. The molecule has 2 aromatic heterocycles. The average Bonchev–Trinajstić information content (AvgIpc) is 3.30. The fraction of sp³-hybridized carbons (Fsp3) is 0.333. The Balaban J connectivity index is 1.31. The molecule has 0 spiro atoms. The minimum atomic E-state index is -0.193. The van der Waals surface area contributed by atoms with Gasteiger partial charge in [-0.05, 0) is 69.4 Å². The number of nitrogens with zero attached hydrogens (tertiary/aromatic N) is 4. The number of pyridine rings is 1. The molecule has 8 nitrogen and oxygen atoms in total. The standard InChI is InChI=1S/C24H26N6O2/c1-29-12-10-18(11-13-29)25-23(31)16-6-8-19(9-7-16)30-15-22(27-28-30)20-14-17-4-2-3-5-21(17)26-24(20)32/h2-6,8,14-15,18H,7,9-13H2,1H3,(H,25,31)(H,26,32). The Hall–Kier alpha value is -3.52. The molecule has 3 heterocycles. The van der Waals surface area contributed by atoms with Gasteiger partial charge in [0, 0.05) is 22.8 Å². The van der Waals surface area contributed by atoms with Gasteiger partial charge in [-0.15, -0.1) is 5.10 Å². The molecule has 3 aromatic rings. The zero-order valence-corrected chi connectivity index (χ0v) is 18.0. The molecular formula is C24H26N6O2. The Morgan fingerprint density at radius 2 is 1.97 bits per heavy atom. The number of aromatic amines is 1. The number of amides is 1.